The van der Waals surface area contributed by atoms with E-state index in [0.717, 1.165) is 17.0 Å². The molecule has 3 amide bonds. The summed E-state index contributed by atoms with van der Waals surface area (Å²) >= 11 is 6.28. The lowest BCUT2D eigenvalue weighted by molar-refractivity contribution is -0.137. The number of hydrogen-bond acceptors (Lipinski definition) is 5. The predicted octanol–water partition coefficient (Wildman–Crippen LogP) is 8.01. The second-order valence-electron chi connectivity index (χ2n) is 10.1. The normalized spacial score (nSPS) is 12.9. The molecule has 5 aromatic rings. The molecule has 0 spiro atoms. The highest BCUT2D eigenvalue weighted by atomic mass is 35.5. The van der Waals surface area contributed by atoms with Crippen molar-refractivity contribution in [3.63, 3.8) is 0 Å². The molecule has 8 nitrogen and oxygen atoms in total. The molecule has 0 saturated heterocycles. The molecule has 0 atom stereocenters. The maximum atomic E-state index is 14.3. The zero-order valence-electron chi connectivity index (χ0n) is 23.4. The summed E-state index contributed by atoms with van der Waals surface area (Å²) in [6.45, 7) is 3.77. The van der Waals surface area contributed by atoms with E-state index in [1.165, 1.54) is 42.1 Å². The Morgan fingerprint density at radius 1 is 0.978 bits per heavy atom. The molecule has 2 heterocycles. The van der Waals surface area contributed by atoms with Crippen molar-refractivity contribution in [3.8, 4) is 11.5 Å². The molecule has 0 saturated carbocycles. The van der Waals surface area contributed by atoms with E-state index >= 15 is 0 Å². The van der Waals surface area contributed by atoms with Crippen molar-refractivity contribution in [2.75, 3.05) is 10.2 Å². The van der Waals surface area contributed by atoms with Crippen LogP contribution in [0.1, 0.15) is 42.2 Å². The maximum Gasteiger partial charge on any atom is 0.416 e. The number of hydrogen-bond donors (Lipinski definition) is 1. The Morgan fingerprint density at radius 3 is 2.28 bits per heavy atom. The van der Waals surface area contributed by atoms with Crippen molar-refractivity contribution in [1.29, 1.82) is 0 Å². The number of benzene rings is 4. The number of alkyl halides is 3. The van der Waals surface area contributed by atoms with Gasteiger partial charge in [-0.25, -0.2) is 13.7 Å². The number of aromatic nitrogens is 2. The Hall–Kier alpha value is -5.56. The van der Waals surface area contributed by atoms with Crippen LogP contribution in [0.3, 0.4) is 0 Å². The Morgan fingerprint density at radius 2 is 1.65 bits per heavy atom. The van der Waals surface area contributed by atoms with Crippen molar-refractivity contribution >= 4 is 57.8 Å². The number of amides is 3. The van der Waals surface area contributed by atoms with E-state index in [4.69, 9.17) is 16.3 Å². The Kier molecular flexibility index (Phi) is 7.36. The van der Waals surface area contributed by atoms with Crippen molar-refractivity contribution in [1.82, 2.24) is 9.78 Å². The summed E-state index contributed by atoms with van der Waals surface area (Å²) in [5, 5.41) is 6.71. The van der Waals surface area contributed by atoms with Gasteiger partial charge in [-0.05, 0) is 48.5 Å². The second kappa shape index (κ2) is 11.1. The summed E-state index contributed by atoms with van der Waals surface area (Å²) in [6.07, 6.45) is -3.60. The molecule has 1 aliphatic rings. The molecule has 0 unspecified atom stereocenters. The molecular formula is C32H18ClF5N4O4. The highest BCUT2D eigenvalue weighted by Crippen LogP contribution is 2.46. The first-order chi connectivity index (χ1) is 21.8. The summed E-state index contributed by atoms with van der Waals surface area (Å²) in [5.74, 6) is -5.49. The molecule has 0 bridgehead atoms. The zero-order valence-corrected chi connectivity index (χ0v) is 24.1. The van der Waals surface area contributed by atoms with Gasteiger partial charge in [-0.3, -0.25) is 19.1 Å². The summed E-state index contributed by atoms with van der Waals surface area (Å²) in [6, 6.07) is 11.9. The van der Waals surface area contributed by atoms with Crippen molar-refractivity contribution in [2.45, 2.75) is 6.18 Å². The monoisotopic (exact) mass is 652 g/mol. The summed E-state index contributed by atoms with van der Waals surface area (Å²) in [7, 11) is 1.50. The van der Waals surface area contributed by atoms with Gasteiger partial charge in [-0.15, -0.1) is 0 Å². The topological polar surface area (TPSA) is 93.5 Å². The van der Waals surface area contributed by atoms with Crippen LogP contribution in [0.15, 0.2) is 73.3 Å². The SMILES string of the molecule is C=Cc1cc(NC(=O)c2cc(F)cc(C(F)(F)F)c2)c(Oc2cc(F)ccc2Cl)c2c(N3C(=O)c4ccccc4C3=O)nn(C)c12. The fourth-order valence-corrected chi connectivity index (χ4v) is 5.27. The average molecular weight is 653 g/mol. The van der Waals surface area contributed by atoms with Crippen LogP contribution < -0.4 is 15.0 Å². The number of anilines is 2. The summed E-state index contributed by atoms with van der Waals surface area (Å²) in [5.41, 5.74) is -1.61. The lowest BCUT2D eigenvalue weighted by Gasteiger charge is -2.18. The molecular weight excluding hydrogens is 635 g/mol. The lowest BCUT2D eigenvalue weighted by Crippen LogP contribution is -2.30. The Labute approximate surface area is 261 Å². The minimum Gasteiger partial charge on any atom is -0.453 e. The quantitative estimate of drug-likeness (QED) is 0.148. The lowest BCUT2D eigenvalue weighted by atomic mass is 10.1. The van der Waals surface area contributed by atoms with Gasteiger partial charge in [0.25, 0.3) is 17.7 Å². The van der Waals surface area contributed by atoms with Crippen LogP contribution in [-0.4, -0.2) is 27.5 Å². The molecule has 46 heavy (non-hydrogen) atoms. The molecule has 0 fully saturated rings. The summed E-state index contributed by atoms with van der Waals surface area (Å²) in [4.78, 5) is 41.2. The molecule has 0 radical (unpaired) electrons. The molecule has 1 aromatic heterocycles. The van der Waals surface area contributed by atoms with E-state index in [9.17, 15) is 36.3 Å². The van der Waals surface area contributed by atoms with Crippen LogP contribution in [0.2, 0.25) is 5.02 Å². The van der Waals surface area contributed by atoms with Crippen LogP contribution in [-0.2, 0) is 13.2 Å². The van der Waals surface area contributed by atoms with Crippen LogP contribution in [0.4, 0.5) is 33.5 Å². The third-order valence-electron chi connectivity index (χ3n) is 7.14. The number of ether oxygens (including phenoxy) is 1. The fourth-order valence-electron chi connectivity index (χ4n) is 5.11. The van der Waals surface area contributed by atoms with Crippen molar-refractivity contribution in [2.24, 2.45) is 7.05 Å². The number of imide groups is 1. The average Bonchev–Trinajstić information content (AvgIpc) is 3.47. The largest absolute Gasteiger partial charge is 0.453 e. The molecule has 1 aliphatic heterocycles. The first kappa shape index (κ1) is 30.5. The predicted molar refractivity (Wildman–Crippen MR) is 159 cm³/mol. The van der Waals surface area contributed by atoms with Gasteiger partial charge >= 0.3 is 6.18 Å². The number of carbonyl (C=O) groups is 3. The molecule has 0 aliphatic carbocycles. The van der Waals surface area contributed by atoms with Gasteiger partial charge in [0.2, 0.25) is 0 Å². The van der Waals surface area contributed by atoms with Crippen LogP contribution in [0.5, 0.6) is 11.5 Å². The number of nitrogens with zero attached hydrogens (tertiary/aromatic N) is 3. The van der Waals surface area contributed by atoms with Crippen LogP contribution >= 0.6 is 11.6 Å². The number of carbonyl (C=O) groups excluding carboxylic acids is 3. The number of nitrogens with one attached hydrogen (secondary N) is 1. The number of rotatable bonds is 6. The Balaban J connectivity index is 1.59. The highest BCUT2D eigenvalue weighted by molar-refractivity contribution is 6.36. The third-order valence-corrected chi connectivity index (χ3v) is 7.45. The van der Waals surface area contributed by atoms with Gasteiger partial charge < -0.3 is 10.1 Å². The zero-order chi connectivity index (χ0) is 33.1. The van der Waals surface area contributed by atoms with Gasteiger partial charge in [-0.2, -0.15) is 18.3 Å². The Bertz CT molecular complexity index is 2110. The van der Waals surface area contributed by atoms with Crippen molar-refractivity contribution < 1.29 is 41.1 Å². The number of halogens is 6. The molecule has 14 heteroatoms. The molecule has 232 valence electrons. The standard InChI is InChI=1S/C32H18ClF5N4O4/c1-3-15-12-23(39-29(43)16-10-17(32(36,37)38)13-19(35)11-16)27(46-24-14-18(34)8-9-22(24)33)25-26(15)41(2)40-28(25)42-30(44)20-6-4-5-7-21(20)31(42)45/h3-14H,1H2,2H3,(H,39,43). The van der Waals surface area contributed by atoms with Gasteiger partial charge in [0.05, 0.1) is 38.3 Å². The minimum absolute atomic E-state index is 0.0414. The van der Waals surface area contributed by atoms with E-state index in [-0.39, 0.29) is 61.7 Å². The second-order valence-corrected chi connectivity index (χ2v) is 10.5. The van der Waals surface area contributed by atoms with Crippen LogP contribution in [0.25, 0.3) is 17.0 Å². The van der Waals surface area contributed by atoms with E-state index in [1.807, 2.05) is 0 Å². The minimum atomic E-state index is -4.95. The first-order valence-corrected chi connectivity index (χ1v) is 13.6. The van der Waals surface area contributed by atoms with E-state index in [2.05, 4.69) is 17.0 Å². The third kappa shape index (κ3) is 5.13. The van der Waals surface area contributed by atoms with Gasteiger partial charge in [-0.1, -0.05) is 36.4 Å². The van der Waals surface area contributed by atoms with E-state index < -0.39 is 46.7 Å². The fraction of sp³-hybridized carbons (Fsp3) is 0.0625. The molecule has 6 rings (SSSR count). The molecule has 4 aromatic carbocycles. The van der Waals surface area contributed by atoms with Gasteiger partial charge in [0.15, 0.2) is 11.6 Å². The van der Waals surface area contributed by atoms with Gasteiger partial charge in [0.1, 0.15) is 17.4 Å². The highest BCUT2D eigenvalue weighted by Gasteiger charge is 2.40. The maximum absolute atomic E-state index is 14.3. The van der Waals surface area contributed by atoms with Crippen molar-refractivity contribution in [3.05, 3.63) is 118 Å². The van der Waals surface area contributed by atoms with Crippen LogP contribution in [0, 0.1) is 11.6 Å². The smallest absolute Gasteiger partial charge is 0.416 e. The molecule has 1 N–H and O–H groups in total. The van der Waals surface area contributed by atoms with E-state index in [1.54, 1.807) is 12.1 Å². The first-order valence-electron chi connectivity index (χ1n) is 13.2. The number of aryl methyl sites for hydroxylation is 1. The summed E-state index contributed by atoms with van der Waals surface area (Å²) < 4.78 is 76.1. The van der Waals surface area contributed by atoms with Gasteiger partial charge in [0, 0.05) is 24.2 Å². The number of fused-ring (bicyclic) bond motifs is 2. The van der Waals surface area contributed by atoms with E-state index in [0.29, 0.717) is 12.1 Å².